The number of hydrogen-bond acceptors (Lipinski definition) is 31. The van der Waals surface area contributed by atoms with Crippen molar-refractivity contribution in [2.45, 2.75) is 62.3 Å². The van der Waals surface area contributed by atoms with Gasteiger partial charge in [-0.15, -0.1) is 22.7 Å². The molecule has 13 aromatic rings. The molecule has 0 aliphatic rings. The molecule has 9 heterocycles. The van der Waals surface area contributed by atoms with E-state index in [1.165, 1.54) is 65.5 Å². The number of carbonyl (C=O) groups excluding carboxylic acids is 10. The van der Waals surface area contributed by atoms with Gasteiger partial charge in [-0.05, 0) is 98.0 Å². The molecule has 0 fully saturated rings. The number of hydrogen-bond donors (Lipinski definition) is 0. The van der Waals surface area contributed by atoms with Crippen LogP contribution in [0.5, 0.6) is 0 Å². The minimum atomic E-state index is -0.841. The SMILES string of the molecule is CC(C)(C)C(=O)c1no[n+]([O-])c1C(=O)C(C)(C)C.Cc1ccc(C(=O)c2c(C(=O)c3ccc(Cl)c(Cl)c3)no[n+]2[O-])cc1Cl.Cc1conc1C(=O)c1no[n+]([O-])c1C(=O)c1nocc1C.O=C(c1ccccc1)c1no[n+]([O-])c1C(=O)c1ccccc1.O=C(c1cccs1)c1no[n+]([O-])c1C(=O)c1cccs1. The maximum absolute atomic E-state index is 12.7. The number of aromatic nitrogens is 12. The van der Waals surface area contributed by atoms with Crippen molar-refractivity contribution < 1.29 is 105 Å². The van der Waals surface area contributed by atoms with Crippen molar-refractivity contribution in [2.75, 3.05) is 0 Å². The second-order valence-corrected chi connectivity index (χ2v) is 27.5. The molecule has 0 bridgehead atoms. The molecule has 0 aliphatic heterocycles. The van der Waals surface area contributed by atoms with E-state index >= 15 is 0 Å². The van der Waals surface area contributed by atoms with E-state index in [4.69, 9.17) is 34.8 Å². The van der Waals surface area contributed by atoms with Crippen molar-refractivity contribution in [1.82, 2.24) is 36.1 Å². The lowest BCUT2D eigenvalue weighted by molar-refractivity contribution is -0.803. The molecular formula is C69H51Cl3N12O22S2. The smallest absolute Gasteiger partial charge is 0.302 e. The third-order valence-electron chi connectivity index (χ3n) is 14.7. The molecule has 0 radical (unpaired) electrons. The highest BCUT2D eigenvalue weighted by molar-refractivity contribution is 7.12. The predicted octanol–water partition coefficient (Wildman–Crippen LogP) is 9.83. The second kappa shape index (κ2) is 33.4. The van der Waals surface area contributed by atoms with Crippen molar-refractivity contribution in [3.63, 3.8) is 0 Å². The first-order valence-electron chi connectivity index (χ1n) is 30.8. The van der Waals surface area contributed by atoms with Gasteiger partial charge >= 0.3 is 11.4 Å². The van der Waals surface area contributed by atoms with E-state index in [0.29, 0.717) is 31.5 Å². The van der Waals surface area contributed by atoms with Gasteiger partial charge in [0.1, 0.15) is 12.5 Å². The van der Waals surface area contributed by atoms with Crippen LogP contribution in [0.3, 0.4) is 0 Å². The zero-order valence-corrected chi connectivity index (χ0v) is 61.1. The van der Waals surface area contributed by atoms with Crippen LogP contribution >= 0.6 is 57.5 Å². The quantitative estimate of drug-likeness (QED) is 0.0569. The Morgan fingerprint density at radius 2 is 0.694 bits per heavy atom. The summed E-state index contributed by atoms with van der Waals surface area (Å²) in [4.78, 5) is 124. The van der Waals surface area contributed by atoms with Gasteiger partial charge in [0.2, 0.25) is 34.7 Å². The summed E-state index contributed by atoms with van der Waals surface area (Å²) in [6, 6.07) is 31.6. The summed E-state index contributed by atoms with van der Waals surface area (Å²) in [5, 5.41) is 86.6. The molecular weight excluding hydrogens is 1520 g/mol. The Morgan fingerprint density at radius 1 is 0.333 bits per heavy atom. The summed E-state index contributed by atoms with van der Waals surface area (Å²) in [6.45, 7) is 14.9. The number of Topliss-reactive ketones (excluding diaryl/α,β-unsaturated/α-hetero) is 2. The first-order valence-corrected chi connectivity index (χ1v) is 33.7. The lowest BCUT2D eigenvalue weighted by atomic mass is 9.84. The average molecular weight is 1570 g/mol. The van der Waals surface area contributed by atoms with Gasteiger partial charge in [-0.2, -0.15) is 0 Å². The van der Waals surface area contributed by atoms with E-state index in [9.17, 15) is 74.0 Å². The van der Waals surface area contributed by atoms with E-state index < -0.39 is 97.1 Å². The summed E-state index contributed by atoms with van der Waals surface area (Å²) in [5.41, 5.74) is -3.21. The predicted molar refractivity (Wildman–Crippen MR) is 369 cm³/mol. The zero-order valence-electron chi connectivity index (χ0n) is 57.2. The first kappa shape index (κ1) is 79.1. The van der Waals surface area contributed by atoms with Gasteiger partial charge in [0, 0.05) is 49.2 Å². The number of ketones is 10. The number of thiophene rings is 2. The Balaban J connectivity index is 0.000000157. The van der Waals surface area contributed by atoms with Crippen LogP contribution < -0.4 is 24.5 Å². The highest BCUT2D eigenvalue weighted by Crippen LogP contribution is 2.29. The van der Waals surface area contributed by atoms with E-state index in [0.717, 1.165) is 5.56 Å². The molecule has 0 saturated heterocycles. The normalized spacial score (nSPS) is 11.0. The van der Waals surface area contributed by atoms with Gasteiger partial charge in [-0.1, -0.05) is 172 Å². The lowest BCUT2D eigenvalue weighted by Gasteiger charge is -2.16. The summed E-state index contributed by atoms with van der Waals surface area (Å²) in [6.07, 6.45) is 2.49. The Labute approximate surface area is 628 Å². The van der Waals surface area contributed by atoms with Gasteiger partial charge in [-0.3, -0.25) is 71.1 Å². The molecule has 34 nitrogen and oxygen atoms in total. The van der Waals surface area contributed by atoms with E-state index in [2.05, 4.69) is 68.3 Å². The number of nitrogens with zero attached hydrogens (tertiary/aromatic N) is 12. The van der Waals surface area contributed by atoms with Crippen molar-refractivity contribution in [1.29, 1.82) is 0 Å². The maximum atomic E-state index is 12.7. The molecule has 9 aromatic heterocycles. The van der Waals surface area contributed by atoms with Crippen LogP contribution in [0.2, 0.25) is 15.1 Å². The molecule has 552 valence electrons. The van der Waals surface area contributed by atoms with Gasteiger partial charge in [0.05, 0.1) is 45.6 Å². The molecule has 4 aromatic carbocycles. The van der Waals surface area contributed by atoms with Crippen LogP contribution in [0.15, 0.2) is 177 Å². The second-order valence-electron chi connectivity index (χ2n) is 24.4. The monoisotopic (exact) mass is 1570 g/mol. The van der Waals surface area contributed by atoms with Gasteiger partial charge < -0.3 is 35.1 Å². The first-order chi connectivity index (χ1) is 51.1. The van der Waals surface area contributed by atoms with Crippen molar-refractivity contribution in [3.05, 3.63) is 303 Å². The van der Waals surface area contributed by atoms with Crippen LogP contribution in [0.4, 0.5) is 0 Å². The van der Waals surface area contributed by atoms with Crippen LogP contribution in [-0.2, 0) is 0 Å². The van der Waals surface area contributed by atoms with E-state index in [-0.39, 0.29) is 91.1 Å². The molecule has 108 heavy (non-hydrogen) atoms. The molecule has 0 aliphatic carbocycles. The summed E-state index contributed by atoms with van der Waals surface area (Å²) < 4.78 is 31.4. The Bertz CT molecular complexity index is 5570. The fourth-order valence-electron chi connectivity index (χ4n) is 9.03. The number of rotatable bonds is 18. The lowest BCUT2D eigenvalue weighted by Crippen LogP contribution is -2.38. The van der Waals surface area contributed by atoms with Crippen LogP contribution in [0.25, 0.3) is 0 Å². The number of halogens is 3. The molecule has 0 amide bonds. The zero-order chi connectivity index (χ0) is 78.8. The highest BCUT2D eigenvalue weighted by Gasteiger charge is 2.43. The molecule has 0 N–H and O–H groups in total. The maximum Gasteiger partial charge on any atom is 0.302 e. The summed E-state index contributed by atoms with van der Waals surface area (Å²) in [7, 11) is 0. The standard InChI is InChI=1S/C17H9Cl3N2O4.C16H10N2O4.C12H8N4O6.C12H6N2O4S2.C12H18N2O4/c1-8-2-3-10(6-12(8)19)17(24)15-14(21-26-22(15)25)16(23)9-4-5-11(18)13(20)7-9;19-15(11-7-3-1-4-8-11)13-14(18(21)22-17-13)16(20)12-9-5-2-6-10-12;1-5-3-20-13-7(5)11(17)9-10(16(19)22-15-9)12(18)8-6(2)4-21-14-8;15-11(7-3-1-5-19-7)9-10(14(17)18-13-9)12(16)8-4-2-6-20-8;1-11(2,3)9(15)7-8(14(17)18-13-7)10(16)12(4,5)6/h2-7H,1H3;1-10H;3-4H,1-2H3;1-6H;1-6H3. The molecule has 39 heteroatoms. The fraction of sp³-hybridized carbons (Fsp3) is 0.159. The largest absolute Gasteiger partial charge is 0.364 e. The molecule has 0 atom stereocenters. The van der Waals surface area contributed by atoms with Gasteiger partial charge in [0.25, 0.3) is 68.7 Å². The Hall–Kier alpha value is -13.0. The van der Waals surface area contributed by atoms with Crippen LogP contribution in [0, 0.1) is 57.6 Å². The van der Waals surface area contributed by atoms with E-state index in [1.54, 1.807) is 164 Å². The van der Waals surface area contributed by atoms with E-state index in [1.807, 2.05) is 0 Å². The van der Waals surface area contributed by atoms with Crippen molar-refractivity contribution in [2.24, 2.45) is 10.8 Å². The molecule has 13 rings (SSSR count). The highest BCUT2D eigenvalue weighted by atomic mass is 35.5. The average Bonchev–Trinajstić information content (AvgIpc) is 1.52. The summed E-state index contributed by atoms with van der Waals surface area (Å²) >= 11 is 20.1. The fourth-order valence-corrected chi connectivity index (χ4v) is 10.8. The Morgan fingerprint density at radius 3 is 1.12 bits per heavy atom. The third kappa shape index (κ3) is 17.5. The molecule has 0 unspecified atom stereocenters. The molecule has 0 saturated carbocycles. The number of aryl methyl sites for hydroxylation is 3. The van der Waals surface area contributed by atoms with Gasteiger partial charge in [0.15, 0.2) is 11.4 Å². The number of benzene rings is 4. The van der Waals surface area contributed by atoms with Crippen LogP contribution in [-0.4, -0.2) is 93.9 Å². The van der Waals surface area contributed by atoms with Crippen molar-refractivity contribution >= 4 is 115 Å². The summed E-state index contributed by atoms with van der Waals surface area (Å²) in [5.74, 6) is -6.15. The molecule has 0 spiro atoms. The topological polar surface area (TPSA) is 488 Å². The minimum Gasteiger partial charge on any atom is -0.364 e. The van der Waals surface area contributed by atoms with Crippen molar-refractivity contribution in [3.8, 4) is 0 Å². The third-order valence-corrected chi connectivity index (χ3v) is 17.6. The Kier molecular flexibility index (Phi) is 24.5. The number of carbonyl (C=O) groups is 10. The van der Waals surface area contributed by atoms with Gasteiger partial charge in [-0.25, -0.2) is 0 Å². The van der Waals surface area contributed by atoms with Crippen LogP contribution in [0.1, 0.15) is 207 Å². The minimum absolute atomic E-state index is 0.00650.